The predicted molar refractivity (Wildman–Crippen MR) is 96.7 cm³/mol. The Morgan fingerprint density at radius 3 is 3.00 bits per heavy atom. The Morgan fingerprint density at radius 1 is 1.31 bits per heavy atom. The van der Waals surface area contributed by atoms with Gasteiger partial charge in [-0.15, -0.1) is 0 Å². The molecule has 1 saturated heterocycles. The van der Waals surface area contributed by atoms with Gasteiger partial charge in [-0.25, -0.2) is 14.6 Å². The van der Waals surface area contributed by atoms with Crippen LogP contribution in [0.2, 0.25) is 0 Å². The molecule has 2 atom stereocenters. The summed E-state index contributed by atoms with van der Waals surface area (Å²) in [6.07, 6.45) is 8.90. The third kappa shape index (κ3) is 3.13. The smallest absolute Gasteiger partial charge is 0.181 e. The van der Waals surface area contributed by atoms with Crippen molar-refractivity contribution in [2.75, 3.05) is 24.2 Å². The minimum absolute atomic E-state index is 0.0115. The molecule has 0 spiro atoms. The Hall–Kier alpha value is -2.94. The summed E-state index contributed by atoms with van der Waals surface area (Å²) in [5, 5.41) is 11.8. The largest absolute Gasteiger partial charge is 0.393 e. The summed E-state index contributed by atoms with van der Waals surface area (Å²) in [6.45, 7) is 1.47. The molecule has 4 heterocycles. The first kappa shape index (κ1) is 16.5. The molecule has 9 heteroatoms. The molecule has 1 aliphatic rings. The van der Waals surface area contributed by atoms with E-state index < -0.39 is 0 Å². The van der Waals surface area contributed by atoms with Crippen LogP contribution < -0.4 is 11.1 Å². The van der Waals surface area contributed by atoms with Crippen LogP contribution in [0.1, 0.15) is 24.6 Å². The van der Waals surface area contributed by atoms with Gasteiger partial charge in [-0.05, 0) is 25.0 Å². The summed E-state index contributed by atoms with van der Waals surface area (Å²) in [5.74, 6) is 1.48. The van der Waals surface area contributed by atoms with Crippen molar-refractivity contribution in [1.82, 2.24) is 29.5 Å². The number of nitrogen functional groups attached to an aromatic ring is 1. The molecule has 1 aliphatic heterocycles. The van der Waals surface area contributed by atoms with Gasteiger partial charge in [-0.2, -0.15) is 10.2 Å². The predicted octanol–water partition coefficient (Wildman–Crippen LogP) is 1.56. The van der Waals surface area contributed by atoms with Crippen LogP contribution in [0.5, 0.6) is 0 Å². The summed E-state index contributed by atoms with van der Waals surface area (Å²) < 4.78 is 9.54. The van der Waals surface area contributed by atoms with Gasteiger partial charge in [-0.1, -0.05) is 0 Å². The highest BCUT2D eigenvalue weighted by Crippen LogP contribution is 2.33. The van der Waals surface area contributed by atoms with Crippen LogP contribution in [0, 0.1) is 5.92 Å². The van der Waals surface area contributed by atoms with E-state index in [1.165, 1.54) is 6.33 Å². The number of aromatic nitrogens is 6. The molecule has 136 valence electrons. The molecule has 0 aliphatic carbocycles. The molecule has 9 nitrogen and oxygen atoms in total. The molecular formula is C17H22N8O. The number of hydrogen-bond acceptors (Lipinski definition) is 7. The summed E-state index contributed by atoms with van der Waals surface area (Å²) in [7, 11) is 1.94. The van der Waals surface area contributed by atoms with Crippen molar-refractivity contribution in [3.63, 3.8) is 0 Å². The van der Waals surface area contributed by atoms with Crippen molar-refractivity contribution >= 4 is 11.5 Å². The van der Waals surface area contributed by atoms with Crippen molar-refractivity contribution in [2.24, 2.45) is 13.0 Å². The summed E-state index contributed by atoms with van der Waals surface area (Å²) in [5.41, 5.74) is 7.81. The van der Waals surface area contributed by atoms with Gasteiger partial charge in [0.25, 0.3) is 0 Å². The molecule has 1 fully saturated rings. The van der Waals surface area contributed by atoms with E-state index in [0.29, 0.717) is 29.8 Å². The highest BCUT2D eigenvalue weighted by atomic mass is 16.5. The van der Waals surface area contributed by atoms with Crippen molar-refractivity contribution in [3.8, 4) is 5.82 Å². The van der Waals surface area contributed by atoms with Crippen LogP contribution in [0.4, 0.5) is 11.5 Å². The van der Waals surface area contributed by atoms with Gasteiger partial charge < -0.3 is 15.8 Å². The minimum Gasteiger partial charge on any atom is -0.393 e. The summed E-state index contributed by atoms with van der Waals surface area (Å²) >= 11 is 0. The van der Waals surface area contributed by atoms with E-state index in [4.69, 9.17) is 10.5 Å². The lowest BCUT2D eigenvalue weighted by Crippen LogP contribution is -2.30. The third-order valence-corrected chi connectivity index (χ3v) is 4.71. The fraction of sp³-hybridized carbons (Fsp3) is 0.412. The van der Waals surface area contributed by atoms with Crippen molar-refractivity contribution in [3.05, 3.63) is 42.7 Å². The maximum atomic E-state index is 6.25. The zero-order valence-corrected chi connectivity index (χ0v) is 14.6. The topological polar surface area (TPSA) is 109 Å². The third-order valence-electron chi connectivity index (χ3n) is 4.71. The number of hydrogen-bond donors (Lipinski definition) is 2. The monoisotopic (exact) mass is 354 g/mol. The van der Waals surface area contributed by atoms with E-state index in [1.807, 2.05) is 23.9 Å². The van der Waals surface area contributed by atoms with E-state index in [0.717, 1.165) is 25.1 Å². The molecule has 3 aromatic rings. The molecule has 0 unspecified atom stereocenters. The molecule has 0 bridgehead atoms. The quantitative estimate of drug-likeness (QED) is 0.715. The maximum Gasteiger partial charge on any atom is 0.181 e. The van der Waals surface area contributed by atoms with E-state index in [-0.39, 0.29) is 6.10 Å². The zero-order chi connectivity index (χ0) is 17.9. The van der Waals surface area contributed by atoms with Crippen LogP contribution >= 0.6 is 0 Å². The first-order valence-corrected chi connectivity index (χ1v) is 8.68. The Bertz CT molecular complexity index is 860. The molecular weight excluding hydrogens is 332 g/mol. The van der Waals surface area contributed by atoms with E-state index in [1.54, 1.807) is 23.3 Å². The number of aryl methyl sites for hydroxylation is 1. The second kappa shape index (κ2) is 7.12. The number of nitrogens with one attached hydrogen (secondary N) is 1. The Labute approximate surface area is 151 Å². The highest BCUT2D eigenvalue weighted by molar-refractivity contribution is 5.68. The van der Waals surface area contributed by atoms with Gasteiger partial charge in [0.1, 0.15) is 18.1 Å². The Balaban J connectivity index is 1.51. The van der Waals surface area contributed by atoms with Gasteiger partial charge in [0.05, 0.1) is 5.69 Å². The summed E-state index contributed by atoms with van der Waals surface area (Å²) in [6, 6.07) is 3.84. The molecule has 0 aromatic carbocycles. The molecule has 0 saturated carbocycles. The molecule has 26 heavy (non-hydrogen) atoms. The Morgan fingerprint density at radius 2 is 2.23 bits per heavy atom. The van der Waals surface area contributed by atoms with Crippen LogP contribution in [0.15, 0.2) is 37.1 Å². The van der Waals surface area contributed by atoms with Crippen LogP contribution in [-0.4, -0.2) is 42.7 Å². The molecule has 0 amide bonds. The lowest BCUT2D eigenvalue weighted by molar-refractivity contribution is -0.0284. The number of nitrogens with zero attached hydrogens (tertiary/aromatic N) is 6. The SMILES string of the molecule is Cn1nccc1[C@@H]1OCCC[C@H]1CNc1ncnc(-n2cccn2)c1N. The highest BCUT2D eigenvalue weighted by Gasteiger charge is 2.29. The Kier molecular flexibility index (Phi) is 4.53. The average molecular weight is 354 g/mol. The molecule has 3 N–H and O–H groups in total. The van der Waals surface area contributed by atoms with Gasteiger partial charge in [0, 0.05) is 44.7 Å². The van der Waals surface area contributed by atoms with Gasteiger partial charge in [-0.3, -0.25) is 4.68 Å². The standard InChI is InChI=1S/C17H22N8O/c1-24-13(5-7-22-24)15-12(4-2-9-26-15)10-19-16-14(18)17(21-11-20-16)25-8-3-6-23-25/h3,5-8,11-12,15H,2,4,9-10,18H2,1H3,(H,19,20,21)/t12-,15+/m0/s1. The van der Waals surface area contributed by atoms with E-state index >= 15 is 0 Å². The van der Waals surface area contributed by atoms with Gasteiger partial charge in [0.15, 0.2) is 11.6 Å². The first-order valence-electron chi connectivity index (χ1n) is 8.68. The lowest BCUT2D eigenvalue weighted by Gasteiger charge is -2.32. The lowest BCUT2D eigenvalue weighted by atomic mass is 9.92. The van der Waals surface area contributed by atoms with Gasteiger partial charge in [0.2, 0.25) is 0 Å². The van der Waals surface area contributed by atoms with Crippen molar-refractivity contribution in [2.45, 2.75) is 18.9 Å². The van der Waals surface area contributed by atoms with Crippen molar-refractivity contribution in [1.29, 1.82) is 0 Å². The second-order valence-electron chi connectivity index (χ2n) is 6.36. The minimum atomic E-state index is 0.0115. The zero-order valence-electron chi connectivity index (χ0n) is 14.6. The number of anilines is 2. The fourth-order valence-electron chi connectivity index (χ4n) is 3.37. The number of nitrogens with two attached hydrogens (primary N) is 1. The number of ether oxygens (including phenoxy) is 1. The van der Waals surface area contributed by atoms with Crippen LogP contribution in [0.3, 0.4) is 0 Å². The first-order chi connectivity index (χ1) is 12.7. The fourth-order valence-corrected chi connectivity index (χ4v) is 3.37. The van der Waals surface area contributed by atoms with E-state index in [9.17, 15) is 0 Å². The van der Waals surface area contributed by atoms with Crippen LogP contribution in [0.25, 0.3) is 5.82 Å². The molecule has 4 rings (SSSR count). The second-order valence-corrected chi connectivity index (χ2v) is 6.36. The number of rotatable bonds is 5. The van der Waals surface area contributed by atoms with Crippen molar-refractivity contribution < 1.29 is 4.74 Å². The average Bonchev–Trinajstić information content (AvgIpc) is 3.33. The molecule has 3 aromatic heterocycles. The van der Waals surface area contributed by atoms with Crippen LogP contribution in [-0.2, 0) is 11.8 Å². The summed E-state index contributed by atoms with van der Waals surface area (Å²) in [4.78, 5) is 8.52. The van der Waals surface area contributed by atoms with E-state index in [2.05, 4.69) is 25.5 Å². The van der Waals surface area contributed by atoms with Gasteiger partial charge >= 0.3 is 0 Å². The molecule has 0 radical (unpaired) electrons. The normalized spacial score (nSPS) is 20.2. The maximum absolute atomic E-state index is 6.25.